The van der Waals surface area contributed by atoms with Gasteiger partial charge in [-0.2, -0.15) is 0 Å². The molecule has 1 unspecified atom stereocenters. The maximum Gasteiger partial charge on any atom is 0.257 e. The molecule has 2 aliphatic rings. The molecule has 1 aliphatic heterocycles. The third-order valence-corrected chi connectivity index (χ3v) is 5.36. The number of nitrogens with one attached hydrogen (secondary N) is 1. The summed E-state index contributed by atoms with van der Waals surface area (Å²) in [5, 5.41) is 3.61. The van der Waals surface area contributed by atoms with E-state index in [9.17, 15) is 9.59 Å². The number of hydrogen-bond donors (Lipinski definition) is 1. The fraction of sp³-hybridized carbons (Fsp3) is 0.375. The van der Waals surface area contributed by atoms with E-state index in [0.717, 1.165) is 47.1 Å². The Morgan fingerprint density at radius 2 is 2.17 bits per heavy atom. The molecule has 1 N–H and O–H groups in total. The summed E-state index contributed by atoms with van der Waals surface area (Å²) >= 11 is 1.57. The Bertz CT molecular complexity index is 819. The van der Waals surface area contributed by atoms with Crippen LogP contribution in [0.25, 0.3) is 0 Å². The molecule has 0 spiro atoms. The van der Waals surface area contributed by atoms with Crippen LogP contribution in [0.1, 0.15) is 30.1 Å². The first kappa shape index (κ1) is 14.4. The van der Waals surface area contributed by atoms with Crippen LogP contribution in [0.5, 0.6) is 0 Å². The van der Waals surface area contributed by atoms with Crippen LogP contribution in [-0.2, 0) is 17.6 Å². The fourth-order valence-electron chi connectivity index (χ4n) is 3.16. The predicted molar refractivity (Wildman–Crippen MR) is 87.8 cm³/mol. The smallest absolute Gasteiger partial charge is 0.257 e. The van der Waals surface area contributed by atoms with Crippen molar-refractivity contribution in [2.75, 3.05) is 11.1 Å². The molecule has 7 heteroatoms. The summed E-state index contributed by atoms with van der Waals surface area (Å²) < 4.78 is 1.72. The SMILES string of the molecule is O=C(CC1CSc2nc3c(c(=O)n21)CCC3)Nc1ccncc1. The molecule has 0 aromatic carbocycles. The van der Waals surface area contributed by atoms with Crippen LogP contribution >= 0.6 is 11.8 Å². The van der Waals surface area contributed by atoms with Gasteiger partial charge in [0.25, 0.3) is 5.56 Å². The Morgan fingerprint density at radius 3 is 3.00 bits per heavy atom. The molecule has 118 valence electrons. The predicted octanol–water partition coefficient (Wildman–Crippen LogP) is 1.80. The van der Waals surface area contributed by atoms with Gasteiger partial charge in [0, 0.05) is 35.8 Å². The van der Waals surface area contributed by atoms with Gasteiger partial charge >= 0.3 is 0 Å². The van der Waals surface area contributed by atoms with E-state index in [1.807, 2.05) is 0 Å². The van der Waals surface area contributed by atoms with Crippen molar-refractivity contribution in [3.8, 4) is 0 Å². The van der Waals surface area contributed by atoms with Crippen LogP contribution < -0.4 is 10.9 Å². The Morgan fingerprint density at radius 1 is 1.35 bits per heavy atom. The highest BCUT2D eigenvalue weighted by Crippen LogP contribution is 2.34. The number of hydrogen-bond acceptors (Lipinski definition) is 5. The molecule has 23 heavy (non-hydrogen) atoms. The minimum absolute atomic E-state index is 0.0502. The Labute approximate surface area is 137 Å². The second-order valence-corrected chi connectivity index (χ2v) is 6.79. The highest BCUT2D eigenvalue weighted by molar-refractivity contribution is 7.99. The summed E-state index contributed by atoms with van der Waals surface area (Å²) in [6, 6.07) is 3.37. The standard InChI is InChI=1S/C16H16N4O2S/c21-14(18-10-4-6-17-7-5-10)8-11-9-23-16-19-13-3-1-2-12(13)15(22)20(11)16/h4-7,11H,1-3,8-9H2,(H,17,18,21). The third kappa shape index (κ3) is 2.65. The molecule has 3 heterocycles. The summed E-state index contributed by atoms with van der Waals surface area (Å²) in [6.45, 7) is 0. The summed E-state index contributed by atoms with van der Waals surface area (Å²) in [4.78, 5) is 33.5. The number of carbonyl (C=O) groups is 1. The lowest BCUT2D eigenvalue weighted by Crippen LogP contribution is -2.30. The van der Waals surface area contributed by atoms with Crippen LogP contribution in [0, 0.1) is 0 Å². The number of fused-ring (bicyclic) bond motifs is 2. The molecular formula is C16H16N4O2S. The molecule has 0 radical (unpaired) electrons. The number of anilines is 1. The van der Waals surface area contributed by atoms with Crippen molar-refractivity contribution in [3.05, 3.63) is 46.1 Å². The average molecular weight is 328 g/mol. The highest BCUT2D eigenvalue weighted by Gasteiger charge is 2.31. The van der Waals surface area contributed by atoms with Gasteiger partial charge in [-0.1, -0.05) is 11.8 Å². The van der Waals surface area contributed by atoms with Gasteiger partial charge in [0.2, 0.25) is 5.91 Å². The highest BCUT2D eigenvalue weighted by atomic mass is 32.2. The van der Waals surface area contributed by atoms with E-state index in [0.29, 0.717) is 0 Å². The summed E-state index contributed by atoms with van der Waals surface area (Å²) in [5.74, 6) is 0.622. The molecule has 4 rings (SSSR count). The van der Waals surface area contributed by atoms with Gasteiger partial charge in [-0.3, -0.25) is 19.1 Å². The Hall–Kier alpha value is -2.15. The van der Waals surface area contributed by atoms with Crippen molar-refractivity contribution in [3.63, 3.8) is 0 Å². The molecule has 0 bridgehead atoms. The van der Waals surface area contributed by atoms with E-state index >= 15 is 0 Å². The van der Waals surface area contributed by atoms with Gasteiger partial charge in [0.1, 0.15) is 0 Å². The van der Waals surface area contributed by atoms with Gasteiger partial charge in [0.15, 0.2) is 5.16 Å². The molecule has 0 fully saturated rings. The molecule has 2 aromatic heterocycles. The van der Waals surface area contributed by atoms with Gasteiger partial charge in [-0.15, -0.1) is 0 Å². The second-order valence-electron chi connectivity index (χ2n) is 5.80. The number of aromatic nitrogens is 3. The molecule has 2 aromatic rings. The molecule has 1 amide bonds. The molecule has 0 saturated heterocycles. The van der Waals surface area contributed by atoms with E-state index in [1.54, 1.807) is 40.9 Å². The zero-order valence-electron chi connectivity index (χ0n) is 12.5. The molecule has 1 aliphatic carbocycles. The van der Waals surface area contributed by atoms with Crippen molar-refractivity contribution < 1.29 is 4.79 Å². The lowest BCUT2D eigenvalue weighted by molar-refractivity contribution is -0.116. The number of carbonyl (C=O) groups excluding carboxylic acids is 1. The summed E-state index contributed by atoms with van der Waals surface area (Å²) in [6.07, 6.45) is 6.25. The summed E-state index contributed by atoms with van der Waals surface area (Å²) in [5.41, 5.74) is 2.57. The van der Waals surface area contributed by atoms with E-state index in [1.165, 1.54) is 0 Å². The largest absolute Gasteiger partial charge is 0.326 e. The minimum Gasteiger partial charge on any atom is -0.326 e. The molecular weight excluding hydrogens is 312 g/mol. The van der Waals surface area contributed by atoms with E-state index in [-0.39, 0.29) is 23.9 Å². The lowest BCUT2D eigenvalue weighted by Gasteiger charge is -2.14. The number of pyridine rings is 1. The molecule has 1 atom stereocenters. The van der Waals surface area contributed by atoms with Crippen molar-refractivity contribution in [1.82, 2.24) is 14.5 Å². The zero-order valence-corrected chi connectivity index (χ0v) is 13.3. The number of nitrogens with zero attached hydrogens (tertiary/aromatic N) is 3. The number of aryl methyl sites for hydroxylation is 1. The molecule has 0 saturated carbocycles. The maximum atomic E-state index is 12.7. The first-order valence-corrected chi connectivity index (χ1v) is 8.68. The zero-order chi connectivity index (χ0) is 15.8. The first-order chi connectivity index (χ1) is 11.2. The average Bonchev–Trinajstić information content (AvgIpc) is 3.16. The van der Waals surface area contributed by atoms with Crippen LogP contribution in [-0.4, -0.2) is 26.2 Å². The van der Waals surface area contributed by atoms with Gasteiger partial charge in [0.05, 0.1) is 11.7 Å². The van der Waals surface area contributed by atoms with E-state index < -0.39 is 0 Å². The Kier molecular flexibility index (Phi) is 3.65. The van der Waals surface area contributed by atoms with Gasteiger partial charge < -0.3 is 5.32 Å². The molecule has 6 nitrogen and oxygen atoms in total. The number of rotatable bonds is 3. The van der Waals surface area contributed by atoms with Crippen molar-refractivity contribution in [1.29, 1.82) is 0 Å². The van der Waals surface area contributed by atoms with Crippen LogP contribution in [0.4, 0.5) is 5.69 Å². The maximum absolute atomic E-state index is 12.7. The van der Waals surface area contributed by atoms with Crippen molar-refractivity contribution in [2.24, 2.45) is 0 Å². The quantitative estimate of drug-likeness (QED) is 0.870. The second kappa shape index (κ2) is 5.81. The first-order valence-electron chi connectivity index (χ1n) is 7.69. The van der Waals surface area contributed by atoms with Crippen molar-refractivity contribution >= 4 is 23.4 Å². The third-order valence-electron chi connectivity index (χ3n) is 4.26. The number of thioether (sulfide) groups is 1. The monoisotopic (exact) mass is 328 g/mol. The van der Waals surface area contributed by atoms with Crippen LogP contribution in [0.3, 0.4) is 0 Å². The van der Waals surface area contributed by atoms with E-state index in [2.05, 4.69) is 15.3 Å². The topological polar surface area (TPSA) is 76.9 Å². The van der Waals surface area contributed by atoms with E-state index in [4.69, 9.17) is 0 Å². The number of amides is 1. The van der Waals surface area contributed by atoms with Gasteiger partial charge in [-0.25, -0.2) is 4.98 Å². The Balaban J connectivity index is 1.55. The summed E-state index contributed by atoms with van der Waals surface area (Å²) in [7, 11) is 0. The van der Waals surface area contributed by atoms with Crippen LogP contribution in [0.15, 0.2) is 34.5 Å². The van der Waals surface area contributed by atoms with Gasteiger partial charge in [-0.05, 0) is 31.4 Å². The van der Waals surface area contributed by atoms with Crippen LogP contribution in [0.2, 0.25) is 0 Å². The normalized spacial score (nSPS) is 18.5. The fourth-order valence-corrected chi connectivity index (χ4v) is 4.32. The van der Waals surface area contributed by atoms with Crippen molar-refractivity contribution in [2.45, 2.75) is 36.9 Å². The lowest BCUT2D eigenvalue weighted by atomic mass is 10.2. The minimum atomic E-state index is -0.122.